The third kappa shape index (κ3) is 12.5. The Morgan fingerprint density at radius 3 is 2.14 bits per heavy atom. The highest BCUT2D eigenvalue weighted by molar-refractivity contribution is 6.33. The fourth-order valence-electron chi connectivity index (χ4n) is 7.45. The molecule has 0 saturated carbocycles. The van der Waals surface area contributed by atoms with E-state index in [0.717, 1.165) is 5.56 Å². The van der Waals surface area contributed by atoms with Gasteiger partial charge in [-0.25, -0.2) is 14.4 Å². The van der Waals surface area contributed by atoms with Crippen LogP contribution >= 0.6 is 0 Å². The number of anilines is 1. The molecule has 17 nitrogen and oxygen atoms in total. The van der Waals surface area contributed by atoms with Crippen LogP contribution in [-0.2, 0) is 62.5 Å². The predicted octanol–water partition coefficient (Wildman–Crippen LogP) is 5.98. The monoisotopic (exact) mass is 905 g/mol. The van der Waals surface area contributed by atoms with E-state index in [1.165, 1.54) is 12.0 Å². The molecule has 0 bridgehead atoms. The number of fused-ring (bicyclic) bond motifs is 1. The number of para-hydroxylation sites is 1. The molecule has 0 aromatic heterocycles. The molecule has 0 unspecified atom stereocenters. The van der Waals surface area contributed by atoms with Crippen molar-refractivity contribution in [1.29, 1.82) is 0 Å². The van der Waals surface area contributed by atoms with Crippen molar-refractivity contribution >= 4 is 47.1 Å². The summed E-state index contributed by atoms with van der Waals surface area (Å²) in [6, 6.07) is 25.0. The minimum Gasteiger partial charge on any atom is -0.467 e. The molecule has 17 heteroatoms. The van der Waals surface area contributed by atoms with Crippen LogP contribution in [-0.4, -0.2) is 90.7 Å². The van der Waals surface area contributed by atoms with E-state index in [1.807, 2.05) is 30.3 Å². The van der Waals surface area contributed by atoms with E-state index < -0.39 is 71.7 Å². The highest BCUT2D eigenvalue weighted by Crippen LogP contribution is 2.44. The van der Waals surface area contributed by atoms with Crippen molar-refractivity contribution < 1.29 is 57.2 Å². The largest absolute Gasteiger partial charge is 0.467 e. The van der Waals surface area contributed by atoms with Gasteiger partial charge >= 0.3 is 18.2 Å². The molecular formula is C49H55N5O12. The molecule has 66 heavy (non-hydrogen) atoms. The highest BCUT2D eigenvalue weighted by atomic mass is 16.7. The van der Waals surface area contributed by atoms with Crippen LogP contribution in [0.4, 0.5) is 15.3 Å². The first-order valence-corrected chi connectivity index (χ1v) is 21.3. The van der Waals surface area contributed by atoms with Crippen molar-refractivity contribution in [3.8, 4) is 16.9 Å². The first kappa shape index (κ1) is 48.2. The number of carbonyl (C=O) groups excluding carboxylic acids is 6. The fourth-order valence-corrected chi connectivity index (χ4v) is 7.45. The summed E-state index contributed by atoms with van der Waals surface area (Å²) in [6.07, 6.45) is -0.547. The van der Waals surface area contributed by atoms with Gasteiger partial charge in [-0.3, -0.25) is 19.3 Å². The number of nitrogens with two attached hydrogens (primary N) is 1. The standard InChI is InChI=1S/C49H55N5O12/c1-48(2,3)66-46(59)52-38(44(57)51-39(25-41(50)55)45(58)62-26-30-14-9-7-10-15-30)23-32-20-21-40(64-29-61-6)36(22-32)34-18-13-19-35-37(43(56)53-42(34)35)24-33-28-65-49(4,5)54(33)47(60)63-27-31-16-11-8-12-17-31/h7-22,24,33,38-39H,23,25-29H2,1-6H3,(H2,50,55)(H,51,57)(H,52,59)(H,53,56)/b37-24+/t33-,38-,39-/m0/s1. The lowest BCUT2D eigenvalue weighted by molar-refractivity contribution is -0.150. The van der Waals surface area contributed by atoms with Gasteiger partial charge < -0.3 is 50.1 Å². The molecule has 0 aliphatic carbocycles. The van der Waals surface area contributed by atoms with Gasteiger partial charge in [0.1, 0.15) is 42.4 Å². The predicted molar refractivity (Wildman–Crippen MR) is 242 cm³/mol. The number of nitrogens with zero attached hydrogens (tertiary/aromatic N) is 1. The third-order valence-corrected chi connectivity index (χ3v) is 10.5. The van der Waals surface area contributed by atoms with Gasteiger partial charge in [-0.2, -0.15) is 0 Å². The van der Waals surface area contributed by atoms with E-state index in [2.05, 4.69) is 16.0 Å². The van der Waals surface area contributed by atoms with Crippen LogP contribution in [0.3, 0.4) is 0 Å². The van der Waals surface area contributed by atoms with Crippen LogP contribution in [0.2, 0.25) is 0 Å². The second-order valence-electron chi connectivity index (χ2n) is 17.1. The number of methoxy groups -OCH3 is 1. The van der Waals surface area contributed by atoms with Gasteiger partial charge in [0.15, 0.2) is 6.79 Å². The second kappa shape index (κ2) is 21.2. The molecule has 6 rings (SSSR count). The molecule has 2 heterocycles. The molecule has 0 spiro atoms. The molecule has 1 saturated heterocycles. The number of primary amides is 1. The minimum atomic E-state index is -1.48. The van der Waals surface area contributed by atoms with E-state index in [4.69, 9.17) is 34.2 Å². The number of hydrogen-bond acceptors (Lipinski definition) is 12. The maximum Gasteiger partial charge on any atom is 0.412 e. The lowest BCUT2D eigenvalue weighted by Gasteiger charge is -2.31. The van der Waals surface area contributed by atoms with E-state index >= 15 is 0 Å². The quantitative estimate of drug-likeness (QED) is 0.0416. The molecule has 5 amide bonds. The summed E-state index contributed by atoms with van der Waals surface area (Å²) in [4.78, 5) is 81.5. The molecule has 4 aromatic rings. The van der Waals surface area contributed by atoms with Crippen LogP contribution < -0.4 is 26.4 Å². The summed E-state index contributed by atoms with van der Waals surface area (Å²) in [7, 11) is 1.47. The van der Waals surface area contributed by atoms with E-state index in [-0.39, 0.29) is 33.0 Å². The number of hydrogen-bond donors (Lipinski definition) is 4. The first-order valence-electron chi connectivity index (χ1n) is 21.3. The van der Waals surface area contributed by atoms with Crippen LogP contribution in [0, 0.1) is 0 Å². The van der Waals surface area contributed by atoms with Crippen LogP contribution in [0.5, 0.6) is 5.75 Å². The minimum absolute atomic E-state index is 0.0525. The first-order chi connectivity index (χ1) is 31.4. The zero-order valence-corrected chi connectivity index (χ0v) is 37.7. The number of benzene rings is 4. The van der Waals surface area contributed by atoms with Crippen LogP contribution in [0.1, 0.15) is 63.3 Å². The average molecular weight is 906 g/mol. The van der Waals surface area contributed by atoms with Crippen molar-refractivity contribution in [2.24, 2.45) is 5.73 Å². The van der Waals surface area contributed by atoms with Gasteiger partial charge in [0.05, 0.1) is 24.8 Å². The average Bonchev–Trinajstić information content (AvgIpc) is 3.76. The van der Waals surface area contributed by atoms with Crippen LogP contribution in [0.25, 0.3) is 16.7 Å². The third-order valence-electron chi connectivity index (χ3n) is 10.5. The smallest absolute Gasteiger partial charge is 0.412 e. The van der Waals surface area contributed by atoms with Crippen molar-refractivity contribution in [2.75, 3.05) is 25.8 Å². The van der Waals surface area contributed by atoms with Gasteiger partial charge in [-0.1, -0.05) is 84.9 Å². The number of rotatable bonds is 17. The van der Waals surface area contributed by atoms with Crippen molar-refractivity contribution in [2.45, 2.75) is 90.1 Å². The normalized spacial score (nSPS) is 16.6. The lowest BCUT2D eigenvalue weighted by Crippen LogP contribution is -2.54. The molecule has 348 valence electrons. The maximum atomic E-state index is 14.1. The number of amides is 5. The van der Waals surface area contributed by atoms with Gasteiger partial charge in [0.25, 0.3) is 5.91 Å². The van der Waals surface area contributed by atoms with Gasteiger partial charge in [0, 0.05) is 35.8 Å². The molecule has 0 radical (unpaired) electrons. The summed E-state index contributed by atoms with van der Waals surface area (Å²) in [5.74, 6) is -2.66. The van der Waals surface area contributed by atoms with E-state index in [0.29, 0.717) is 44.8 Å². The topological polar surface area (TPSA) is 223 Å². The van der Waals surface area contributed by atoms with Crippen LogP contribution in [0.15, 0.2) is 103 Å². The Balaban J connectivity index is 1.30. The summed E-state index contributed by atoms with van der Waals surface area (Å²) < 4.78 is 33.8. The number of ether oxygens (including phenoxy) is 6. The summed E-state index contributed by atoms with van der Waals surface area (Å²) in [5, 5.41) is 8.13. The maximum absolute atomic E-state index is 14.1. The molecule has 1 fully saturated rings. The fraction of sp³-hybridized carbons (Fsp3) is 0.347. The Kier molecular flexibility index (Phi) is 15.5. The van der Waals surface area contributed by atoms with E-state index in [9.17, 15) is 28.8 Å². The summed E-state index contributed by atoms with van der Waals surface area (Å²) >= 11 is 0. The van der Waals surface area contributed by atoms with Crippen molar-refractivity contribution in [3.63, 3.8) is 0 Å². The zero-order valence-electron chi connectivity index (χ0n) is 37.7. The molecule has 2 aliphatic heterocycles. The molecule has 2 aliphatic rings. The Morgan fingerprint density at radius 2 is 1.50 bits per heavy atom. The number of esters is 1. The summed E-state index contributed by atoms with van der Waals surface area (Å²) in [5.41, 5.74) is 7.86. The molecule has 3 atom stereocenters. The highest BCUT2D eigenvalue weighted by Gasteiger charge is 2.45. The number of nitrogens with one attached hydrogen (secondary N) is 3. The molecule has 5 N–H and O–H groups in total. The van der Waals surface area contributed by atoms with Gasteiger partial charge in [-0.15, -0.1) is 0 Å². The Hall–Kier alpha value is -7.24. The number of carbonyl (C=O) groups is 6. The van der Waals surface area contributed by atoms with E-state index in [1.54, 1.807) is 107 Å². The molecular weight excluding hydrogens is 851 g/mol. The Morgan fingerprint density at radius 1 is 0.848 bits per heavy atom. The SMILES string of the molecule is COCOc1ccc(C[C@H](NC(=O)OC(C)(C)C)C(=O)N[C@@H](CC(N)=O)C(=O)OCc2ccccc2)cc1-c1cccc2c1NC(=O)/C2=C/[C@H]1COC(C)(C)N1C(=O)OCc1ccccc1. The summed E-state index contributed by atoms with van der Waals surface area (Å²) in [6.45, 7) is 8.41. The lowest BCUT2D eigenvalue weighted by atomic mass is 9.94. The van der Waals surface area contributed by atoms with Crippen molar-refractivity contribution in [3.05, 3.63) is 125 Å². The Labute approximate surface area is 382 Å². The second-order valence-corrected chi connectivity index (χ2v) is 17.1. The number of alkyl carbamates (subject to hydrolysis) is 1. The van der Waals surface area contributed by atoms with Crippen molar-refractivity contribution in [1.82, 2.24) is 15.5 Å². The zero-order chi connectivity index (χ0) is 47.6. The molecule has 4 aromatic carbocycles. The van der Waals surface area contributed by atoms with Gasteiger partial charge in [0.2, 0.25) is 11.8 Å². The Bertz CT molecular complexity index is 2450. The van der Waals surface area contributed by atoms with Gasteiger partial charge in [-0.05, 0) is 69.5 Å².